The van der Waals surface area contributed by atoms with Crippen molar-refractivity contribution in [1.29, 1.82) is 0 Å². The highest BCUT2D eigenvalue weighted by molar-refractivity contribution is 14.0. The van der Waals surface area contributed by atoms with E-state index in [4.69, 9.17) is 14.0 Å². The van der Waals surface area contributed by atoms with Gasteiger partial charge in [0.1, 0.15) is 0 Å². The Morgan fingerprint density at radius 1 is 1.26 bits per heavy atom. The number of guanidine groups is 1. The fraction of sp³-hybridized carbons (Fsp3) is 0.357. The average molecular weight is 433 g/mol. The van der Waals surface area contributed by atoms with Crippen molar-refractivity contribution in [2.24, 2.45) is 4.99 Å². The summed E-state index contributed by atoms with van der Waals surface area (Å²) >= 11 is 0. The Labute approximate surface area is 151 Å². The number of nitrogens with zero attached hydrogens (tertiary/aromatic N) is 3. The molecule has 0 atom stereocenters. The van der Waals surface area contributed by atoms with E-state index in [0.717, 1.165) is 5.69 Å². The number of aliphatic imine (C=N–C) groups is 1. The lowest BCUT2D eigenvalue weighted by molar-refractivity contribution is 0.355. The largest absolute Gasteiger partial charge is 0.493 e. The predicted octanol–water partition coefficient (Wildman–Crippen LogP) is 2.20. The van der Waals surface area contributed by atoms with E-state index in [1.165, 1.54) is 0 Å². The van der Waals surface area contributed by atoms with Crippen LogP contribution in [0.4, 0.5) is 5.69 Å². The topological polar surface area (TPSA) is 93.8 Å². The van der Waals surface area contributed by atoms with Gasteiger partial charge in [-0.15, -0.1) is 24.0 Å². The van der Waals surface area contributed by atoms with Crippen LogP contribution in [0.5, 0.6) is 11.5 Å². The molecule has 0 saturated heterocycles. The van der Waals surface area contributed by atoms with Crippen LogP contribution in [0.3, 0.4) is 0 Å². The van der Waals surface area contributed by atoms with E-state index in [1.807, 2.05) is 18.2 Å². The molecule has 0 spiro atoms. The molecule has 0 fully saturated rings. The number of hydrogen-bond donors (Lipinski definition) is 2. The third kappa shape index (κ3) is 5.27. The van der Waals surface area contributed by atoms with Gasteiger partial charge in [0.25, 0.3) is 0 Å². The molecule has 0 aliphatic heterocycles. The lowest BCUT2D eigenvalue weighted by Crippen LogP contribution is -2.30. The maximum Gasteiger partial charge on any atom is 0.246 e. The third-order valence-electron chi connectivity index (χ3n) is 2.85. The zero-order valence-electron chi connectivity index (χ0n) is 13.4. The second-order valence-electron chi connectivity index (χ2n) is 4.36. The van der Waals surface area contributed by atoms with Crippen LogP contribution in [0.1, 0.15) is 11.7 Å². The summed E-state index contributed by atoms with van der Waals surface area (Å²) in [6.07, 6.45) is 0. The Kier molecular flexibility index (Phi) is 7.59. The average Bonchev–Trinajstić information content (AvgIpc) is 2.96. The summed E-state index contributed by atoms with van der Waals surface area (Å²) in [4.78, 5) is 8.25. The standard InChI is InChI=1S/C14H19N5O3.HI/c1-9-17-13(22-19-9)8-16-14(15-2)18-10-5-6-11(20-3)12(7-10)21-4;/h5-7H,8H2,1-4H3,(H2,15,16,18);1H. The minimum atomic E-state index is 0. The molecule has 23 heavy (non-hydrogen) atoms. The first-order valence-electron chi connectivity index (χ1n) is 6.65. The minimum absolute atomic E-state index is 0. The van der Waals surface area contributed by atoms with Crippen LogP contribution in [0.25, 0.3) is 0 Å². The second-order valence-corrected chi connectivity index (χ2v) is 4.36. The first-order chi connectivity index (χ1) is 10.7. The smallest absolute Gasteiger partial charge is 0.246 e. The van der Waals surface area contributed by atoms with Crippen molar-refractivity contribution in [1.82, 2.24) is 15.5 Å². The summed E-state index contributed by atoms with van der Waals surface area (Å²) in [5.41, 5.74) is 0.812. The first kappa shape index (κ1) is 19.0. The Bertz CT molecular complexity index is 660. The van der Waals surface area contributed by atoms with Gasteiger partial charge in [0.05, 0.1) is 20.8 Å². The van der Waals surface area contributed by atoms with Crippen molar-refractivity contribution in [3.8, 4) is 11.5 Å². The fourth-order valence-electron chi connectivity index (χ4n) is 1.80. The highest BCUT2D eigenvalue weighted by atomic mass is 127. The summed E-state index contributed by atoms with van der Waals surface area (Å²) < 4.78 is 15.5. The van der Waals surface area contributed by atoms with Gasteiger partial charge in [-0.05, 0) is 19.1 Å². The summed E-state index contributed by atoms with van der Waals surface area (Å²) in [6, 6.07) is 5.50. The lowest BCUT2D eigenvalue weighted by atomic mass is 10.3. The highest BCUT2D eigenvalue weighted by Crippen LogP contribution is 2.29. The molecule has 1 aromatic heterocycles. The maximum atomic E-state index is 5.27. The van der Waals surface area contributed by atoms with Crippen molar-refractivity contribution >= 4 is 35.6 Å². The molecule has 0 amide bonds. The van der Waals surface area contributed by atoms with Gasteiger partial charge in [0.15, 0.2) is 23.3 Å². The van der Waals surface area contributed by atoms with Gasteiger partial charge >= 0.3 is 0 Å². The van der Waals surface area contributed by atoms with E-state index in [0.29, 0.717) is 35.7 Å². The van der Waals surface area contributed by atoms with E-state index >= 15 is 0 Å². The van der Waals surface area contributed by atoms with E-state index in [2.05, 4.69) is 25.8 Å². The zero-order chi connectivity index (χ0) is 15.9. The third-order valence-corrected chi connectivity index (χ3v) is 2.85. The summed E-state index contributed by atoms with van der Waals surface area (Å²) in [5.74, 6) is 2.96. The van der Waals surface area contributed by atoms with E-state index in [-0.39, 0.29) is 24.0 Å². The molecule has 2 rings (SSSR count). The summed E-state index contributed by atoms with van der Waals surface area (Å²) in [7, 11) is 4.86. The molecule has 8 nitrogen and oxygen atoms in total. The van der Waals surface area contributed by atoms with Gasteiger partial charge in [-0.25, -0.2) is 0 Å². The van der Waals surface area contributed by atoms with Gasteiger partial charge in [-0.2, -0.15) is 4.98 Å². The van der Waals surface area contributed by atoms with Gasteiger partial charge in [-0.3, -0.25) is 4.99 Å². The molecule has 1 aromatic carbocycles. The van der Waals surface area contributed by atoms with E-state index in [1.54, 1.807) is 28.2 Å². The van der Waals surface area contributed by atoms with Gasteiger partial charge < -0.3 is 24.6 Å². The first-order valence-corrected chi connectivity index (χ1v) is 6.65. The molecule has 0 unspecified atom stereocenters. The zero-order valence-corrected chi connectivity index (χ0v) is 15.7. The van der Waals surface area contributed by atoms with Gasteiger partial charge in [0.2, 0.25) is 5.89 Å². The molecule has 0 radical (unpaired) electrons. The monoisotopic (exact) mass is 433 g/mol. The van der Waals surface area contributed by atoms with Crippen molar-refractivity contribution in [3.05, 3.63) is 29.9 Å². The second kappa shape index (κ2) is 9.18. The van der Waals surface area contributed by atoms with E-state index < -0.39 is 0 Å². The number of anilines is 1. The van der Waals surface area contributed by atoms with Gasteiger partial charge in [0, 0.05) is 18.8 Å². The molecule has 0 aliphatic rings. The van der Waals surface area contributed by atoms with Crippen LogP contribution < -0.4 is 20.1 Å². The SMILES string of the molecule is CN=C(NCc1nc(C)no1)Nc1ccc(OC)c(OC)c1.I. The molecule has 0 saturated carbocycles. The van der Waals surface area contributed by atoms with Crippen molar-refractivity contribution in [2.75, 3.05) is 26.6 Å². The number of halogens is 1. The van der Waals surface area contributed by atoms with Crippen molar-refractivity contribution in [2.45, 2.75) is 13.5 Å². The minimum Gasteiger partial charge on any atom is -0.493 e. The maximum absolute atomic E-state index is 5.27. The van der Waals surface area contributed by atoms with Crippen LogP contribution in [-0.2, 0) is 6.54 Å². The molecule has 1 heterocycles. The van der Waals surface area contributed by atoms with Crippen LogP contribution in [-0.4, -0.2) is 37.4 Å². The quantitative estimate of drug-likeness (QED) is 0.424. The molecule has 9 heteroatoms. The number of nitrogens with one attached hydrogen (secondary N) is 2. The van der Waals surface area contributed by atoms with Crippen LogP contribution in [0.15, 0.2) is 27.7 Å². The molecule has 126 valence electrons. The predicted molar refractivity (Wildman–Crippen MR) is 97.8 cm³/mol. The number of benzene rings is 1. The number of ether oxygens (including phenoxy) is 2. The molecule has 0 aliphatic carbocycles. The van der Waals surface area contributed by atoms with E-state index in [9.17, 15) is 0 Å². The summed E-state index contributed by atoms with van der Waals surface area (Å²) in [5, 5.41) is 9.96. The van der Waals surface area contributed by atoms with Crippen LogP contribution in [0.2, 0.25) is 0 Å². The number of methoxy groups -OCH3 is 2. The molecular formula is C14H20IN5O3. The number of aromatic nitrogens is 2. The van der Waals surface area contributed by atoms with Crippen LogP contribution >= 0.6 is 24.0 Å². The Hall–Kier alpha value is -2.04. The van der Waals surface area contributed by atoms with Crippen molar-refractivity contribution < 1.29 is 14.0 Å². The number of hydrogen-bond acceptors (Lipinski definition) is 6. The Balaban J connectivity index is 0.00000264. The highest BCUT2D eigenvalue weighted by Gasteiger charge is 2.07. The molecule has 0 bridgehead atoms. The molecule has 2 N–H and O–H groups in total. The Morgan fingerprint density at radius 2 is 2.00 bits per heavy atom. The summed E-state index contributed by atoms with van der Waals surface area (Å²) in [6.45, 7) is 2.15. The Morgan fingerprint density at radius 3 is 2.57 bits per heavy atom. The van der Waals surface area contributed by atoms with Gasteiger partial charge in [-0.1, -0.05) is 5.16 Å². The number of rotatable bonds is 5. The molecule has 2 aromatic rings. The fourth-order valence-corrected chi connectivity index (χ4v) is 1.80. The number of aryl methyl sites for hydroxylation is 1. The van der Waals surface area contributed by atoms with Crippen LogP contribution in [0, 0.1) is 6.92 Å². The lowest BCUT2D eigenvalue weighted by Gasteiger charge is -2.13. The molecular weight excluding hydrogens is 413 g/mol. The normalized spacial score (nSPS) is 10.7. The van der Waals surface area contributed by atoms with Crippen molar-refractivity contribution in [3.63, 3.8) is 0 Å².